The van der Waals surface area contributed by atoms with Crippen LogP contribution in [0.2, 0.25) is 0 Å². The first-order valence-electron chi connectivity index (χ1n) is 6.56. The molecule has 0 heterocycles. The molecule has 0 spiro atoms. The number of ether oxygens (including phenoxy) is 1. The molecule has 0 aliphatic carbocycles. The molecule has 106 valence electrons. The summed E-state index contributed by atoms with van der Waals surface area (Å²) in [6.07, 6.45) is 0.545. The summed E-state index contributed by atoms with van der Waals surface area (Å²) in [6, 6.07) is 6.49. The highest BCUT2D eigenvalue weighted by atomic mass is 16.6. The molecule has 0 radical (unpaired) electrons. The maximum absolute atomic E-state index is 12.1. The van der Waals surface area contributed by atoms with Crippen molar-refractivity contribution >= 4 is 5.97 Å². The Kier molecular flexibility index (Phi) is 5.36. The van der Waals surface area contributed by atoms with Gasteiger partial charge < -0.3 is 15.2 Å². The Hall–Kier alpha value is -1.55. The third kappa shape index (κ3) is 5.75. The maximum Gasteiger partial charge on any atom is 0.323 e. The lowest BCUT2D eigenvalue weighted by atomic mass is 10.1. The lowest BCUT2D eigenvalue weighted by molar-refractivity contribution is -0.157. The molecule has 0 bridgehead atoms. The van der Waals surface area contributed by atoms with Gasteiger partial charge in [0.25, 0.3) is 0 Å². The molecule has 2 N–H and O–H groups in total. The Morgan fingerprint density at radius 3 is 2.37 bits per heavy atom. The Bertz CT molecular complexity index is 406. The van der Waals surface area contributed by atoms with E-state index in [4.69, 9.17) is 4.74 Å². The minimum Gasteiger partial charge on any atom is -0.508 e. The Morgan fingerprint density at radius 1 is 1.32 bits per heavy atom. The van der Waals surface area contributed by atoms with Crippen molar-refractivity contribution in [1.82, 2.24) is 5.32 Å². The zero-order valence-corrected chi connectivity index (χ0v) is 12.1. The minimum absolute atomic E-state index is 0.223. The van der Waals surface area contributed by atoms with E-state index in [2.05, 4.69) is 5.32 Å². The normalized spacial score (nSPS) is 13.1. The number of benzene rings is 1. The summed E-state index contributed by atoms with van der Waals surface area (Å²) >= 11 is 0. The van der Waals surface area contributed by atoms with Crippen LogP contribution in [0.3, 0.4) is 0 Å². The first kappa shape index (κ1) is 15.5. The molecule has 0 aliphatic rings. The summed E-state index contributed by atoms with van der Waals surface area (Å²) < 4.78 is 5.40. The van der Waals surface area contributed by atoms with Gasteiger partial charge in [-0.15, -0.1) is 0 Å². The molecule has 0 fully saturated rings. The number of esters is 1. The van der Waals surface area contributed by atoms with Crippen LogP contribution in [-0.2, 0) is 16.0 Å². The number of hydrogen-bond donors (Lipinski definition) is 2. The average molecular weight is 265 g/mol. The van der Waals surface area contributed by atoms with Crippen molar-refractivity contribution in [3.63, 3.8) is 0 Å². The van der Waals surface area contributed by atoms with E-state index < -0.39 is 5.60 Å². The van der Waals surface area contributed by atoms with E-state index >= 15 is 0 Å². The molecule has 0 saturated carbocycles. The molecule has 19 heavy (non-hydrogen) atoms. The minimum atomic E-state index is -0.486. The fraction of sp³-hybridized carbons (Fsp3) is 0.533. The highest BCUT2D eigenvalue weighted by molar-refractivity contribution is 5.76. The highest BCUT2D eigenvalue weighted by Gasteiger charge is 2.24. The molecule has 0 saturated heterocycles. The highest BCUT2D eigenvalue weighted by Crippen LogP contribution is 2.14. The maximum atomic E-state index is 12.1. The summed E-state index contributed by atoms with van der Waals surface area (Å²) in [7, 11) is 0. The Balaban J connectivity index is 2.72. The number of phenolic OH excluding ortho intramolecular Hbond substituents is 1. The Labute approximate surface area is 114 Å². The van der Waals surface area contributed by atoms with Gasteiger partial charge in [0.2, 0.25) is 0 Å². The quantitative estimate of drug-likeness (QED) is 0.802. The van der Waals surface area contributed by atoms with Gasteiger partial charge in [0.15, 0.2) is 0 Å². The van der Waals surface area contributed by atoms with E-state index in [9.17, 15) is 9.90 Å². The largest absolute Gasteiger partial charge is 0.508 e. The van der Waals surface area contributed by atoms with Gasteiger partial charge in [-0.05, 0) is 51.4 Å². The van der Waals surface area contributed by atoms with Crippen LogP contribution in [0.15, 0.2) is 24.3 Å². The van der Waals surface area contributed by atoms with E-state index in [1.54, 1.807) is 12.1 Å². The third-order valence-corrected chi connectivity index (χ3v) is 2.52. The van der Waals surface area contributed by atoms with E-state index in [1.165, 1.54) is 0 Å². The first-order chi connectivity index (χ1) is 8.81. The smallest absolute Gasteiger partial charge is 0.323 e. The van der Waals surface area contributed by atoms with Crippen LogP contribution in [0, 0.1) is 0 Å². The van der Waals surface area contributed by atoms with Gasteiger partial charge in [-0.3, -0.25) is 4.79 Å². The van der Waals surface area contributed by atoms with Gasteiger partial charge >= 0.3 is 5.97 Å². The third-order valence-electron chi connectivity index (χ3n) is 2.52. The molecule has 1 rings (SSSR count). The van der Waals surface area contributed by atoms with Crippen molar-refractivity contribution in [3.8, 4) is 5.75 Å². The number of carbonyl (C=O) groups is 1. The van der Waals surface area contributed by atoms with Crippen molar-refractivity contribution in [3.05, 3.63) is 29.8 Å². The molecule has 0 aromatic heterocycles. The van der Waals surface area contributed by atoms with E-state index in [0.29, 0.717) is 13.0 Å². The zero-order valence-electron chi connectivity index (χ0n) is 12.1. The molecule has 1 unspecified atom stereocenters. The van der Waals surface area contributed by atoms with Crippen LogP contribution in [-0.4, -0.2) is 29.3 Å². The number of rotatable bonds is 5. The van der Waals surface area contributed by atoms with Gasteiger partial charge in [-0.25, -0.2) is 0 Å². The molecule has 0 amide bonds. The number of hydrogen-bond acceptors (Lipinski definition) is 4. The number of likely N-dealkylation sites (N-methyl/N-ethyl adjacent to an activating group) is 1. The molecule has 1 atom stereocenters. The van der Waals surface area contributed by atoms with Gasteiger partial charge in [-0.2, -0.15) is 0 Å². The fourth-order valence-corrected chi connectivity index (χ4v) is 1.73. The van der Waals surface area contributed by atoms with Gasteiger partial charge in [0.05, 0.1) is 0 Å². The summed E-state index contributed by atoms with van der Waals surface area (Å²) in [4.78, 5) is 12.1. The standard InChI is InChI=1S/C15H23NO3/c1-5-16-13(14(18)19-15(2,3)4)10-11-6-8-12(17)9-7-11/h6-9,13,16-17H,5,10H2,1-4H3. The Morgan fingerprint density at radius 2 is 1.89 bits per heavy atom. The second-order valence-electron chi connectivity index (χ2n) is 5.51. The predicted molar refractivity (Wildman–Crippen MR) is 75.1 cm³/mol. The second-order valence-corrected chi connectivity index (χ2v) is 5.51. The summed E-state index contributed by atoms with van der Waals surface area (Å²) in [5.41, 5.74) is 0.495. The number of phenols is 1. The second kappa shape index (κ2) is 6.57. The molecule has 4 heteroatoms. The van der Waals surface area contributed by atoms with Crippen LogP contribution in [0.1, 0.15) is 33.3 Å². The van der Waals surface area contributed by atoms with E-state index in [0.717, 1.165) is 5.56 Å². The monoisotopic (exact) mass is 265 g/mol. The molecular formula is C15H23NO3. The van der Waals surface area contributed by atoms with E-state index in [-0.39, 0.29) is 17.8 Å². The lowest BCUT2D eigenvalue weighted by Crippen LogP contribution is -2.42. The average Bonchev–Trinajstić information content (AvgIpc) is 2.29. The predicted octanol–water partition coefficient (Wildman–Crippen LogP) is 2.25. The van der Waals surface area contributed by atoms with Crippen LogP contribution < -0.4 is 5.32 Å². The van der Waals surface area contributed by atoms with Crippen molar-refractivity contribution in [2.24, 2.45) is 0 Å². The van der Waals surface area contributed by atoms with Gasteiger partial charge in [0.1, 0.15) is 17.4 Å². The molecular weight excluding hydrogens is 242 g/mol. The number of aromatic hydroxyl groups is 1. The SMILES string of the molecule is CCNC(Cc1ccc(O)cc1)C(=O)OC(C)(C)C. The van der Waals surface area contributed by atoms with Crippen molar-refractivity contribution in [2.45, 2.75) is 45.8 Å². The number of carbonyl (C=O) groups excluding carboxylic acids is 1. The molecule has 1 aromatic rings. The summed E-state index contributed by atoms with van der Waals surface area (Å²) in [5.74, 6) is -0.0246. The van der Waals surface area contributed by atoms with Crippen molar-refractivity contribution in [1.29, 1.82) is 0 Å². The molecule has 0 aliphatic heterocycles. The summed E-state index contributed by atoms with van der Waals surface area (Å²) in [5, 5.41) is 12.4. The van der Waals surface area contributed by atoms with Gasteiger partial charge in [-0.1, -0.05) is 19.1 Å². The zero-order chi connectivity index (χ0) is 14.5. The van der Waals surface area contributed by atoms with Crippen molar-refractivity contribution < 1.29 is 14.6 Å². The van der Waals surface area contributed by atoms with Gasteiger partial charge in [0, 0.05) is 0 Å². The van der Waals surface area contributed by atoms with Crippen LogP contribution >= 0.6 is 0 Å². The first-order valence-corrected chi connectivity index (χ1v) is 6.56. The topological polar surface area (TPSA) is 58.6 Å². The number of nitrogens with one attached hydrogen (secondary N) is 1. The van der Waals surface area contributed by atoms with E-state index in [1.807, 2.05) is 39.8 Å². The molecule has 4 nitrogen and oxygen atoms in total. The molecule has 1 aromatic carbocycles. The lowest BCUT2D eigenvalue weighted by Gasteiger charge is -2.24. The van der Waals surface area contributed by atoms with Crippen LogP contribution in [0.5, 0.6) is 5.75 Å². The summed E-state index contributed by atoms with van der Waals surface area (Å²) in [6.45, 7) is 8.22. The van der Waals surface area contributed by atoms with Crippen LogP contribution in [0.4, 0.5) is 0 Å². The fourth-order valence-electron chi connectivity index (χ4n) is 1.73. The van der Waals surface area contributed by atoms with Crippen LogP contribution in [0.25, 0.3) is 0 Å². The van der Waals surface area contributed by atoms with Crippen molar-refractivity contribution in [2.75, 3.05) is 6.54 Å².